The Hall–Kier alpha value is -1.52. The van der Waals surface area contributed by atoms with Crippen molar-refractivity contribution in [1.82, 2.24) is 5.32 Å². The first kappa shape index (κ1) is 16.8. The number of hydrogen-bond acceptors (Lipinski definition) is 3. The lowest BCUT2D eigenvalue weighted by Gasteiger charge is -2.16. The molecule has 0 atom stereocenters. The summed E-state index contributed by atoms with van der Waals surface area (Å²) in [5.41, 5.74) is 0.375. The summed E-state index contributed by atoms with van der Waals surface area (Å²) in [6.45, 7) is 4.21. The molecule has 0 spiro atoms. The van der Waals surface area contributed by atoms with Gasteiger partial charge in [0.2, 0.25) is 5.91 Å². The van der Waals surface area contributed by atoms with Crippen molar-refractivity contribution in [1.29, 1.82) is 0 Å². The number of nitrogens with one attached hydrogen (secondary N) is 1. The molecule has 0 heterocycles. The Labute approximate surface area is 136 Å². The Morgan fingerprint density at radius 2 is 1.91 bits per heavy atom. The molecule has 2 aromatic carbocycles. The molecular weight excluding hydrogens is 294 g/mol. The highest BCUT2D eigenvalue weighted by atomic mass is 32.2. The summed E-state index contributed by atoms with van der Waals surface area (Å²) in [6.07, 6.45) is 0.404. The number of thioether (sulfide) groups is 1. The Morgan fingerprint density at radius 1 is 1.18 bits per heavy atom. The molecule has 0 aliphatic heterocycles. The van der Waals surface area contributed by atoms with Crippen LogP contribution in [0.15, 0.2) is 42.5 Å². The van der Waals surface area contributed by atoms with Gasteiger partial charge < -0.3 is 10.4 Å². The van der Waals surface area contributed by atoms with Crippen LogP contribution < -0.4 is 5.32 Å². The van der Waals surface area contributed by atoms with Gasteiger partial charge in [-0.1, -0.05) is 42.5 Å². The van der Waals surface area contributed by atoms with Gasteiger partial charge in [-0.05, 0) is 30.2 Å². The van der Waals surface area contributed by atoms with E-state index < -0.39 is 5.60 Å². The Bertz CT molecular complexity index is 634. The lowest BCUT2D eigenvalue weighted by atomic mass is 10.1. The van der Waals surface area contributed by atoms with Crippen molar-refractivity contribution in [2.75, 3.05) is 18.1 Å². The molecular formula is C18H23NO2S. The number of benzene rings is 2. The van der Waals surface area contributed by atoms with Crippen LogP contribution in [0.25, 0.3) is 10.8 Å². The van der Waals surface area contributed by atoms with E-state index in [-0.39, 0.29) is 5.91 Å². The van der Waals surface area contributed by atoms with E-state index in [1.807, 2.05) is 18.2 Å². The van der Waals surface area contributed by atoms with Crippen LogP contribution in [-0.4, -0.2) is 34.7 Å². The average molecular weight is 317 g/mol. The predicted octanol–water partition coefficient (Wildman–Crippen LogP) is 3.00. The van der Waals surface area contributed by atoms with Gasteiger partial charge in [-0.25, -0.2) is 0 Å². The van der Waals surface area contributed by atoms with Crippen LogP contribution in [0.1, 0.15) is 19.4 Å². The van der Waals surface area contributed by atoms with E-state index in [0.717, 1.165) is 16.7 Å². The fraction of sp³-hybridized carbons (Fsp3) is 0.389. The standard InChI is InChI=1S/C18H23NO2S/c1-18(2,21)13-22-10-9-19-17(20)12-14-7-8-15-5-3-4-6-16(15)11-14/h3-8,11,21H,9-10,12-13H2,1-2H3,(H,19,20). The summed E-state index contributed by atoms with van der Waals surface area (Å²) < 4.78 is 0. The fourth-order valence-corrected chi connectivity index (χ4v) is 3.07. The van der Waals surface area contributed by atoms with Crippen molar-refractivity contribution >= 4 is 28.4 Å². The third-order valence-corrected chi connectivity index (χ3v) is 4.61. The molecule has 118 valence electrons. The van der Waals surface area contributed by atoms with E-state index in [2.05, 4.69) is 29.6 Å². The highest BCUT2D eigenvalue weighted by Gasteiger charge is 2.11. The monoisotopic (exact) mass is 317 g/mol. The van der Waals surface area contributed by atoms with E-state index in [1.54, 1.807) is 25.6 Å². The molecule has 0 saturated carbocycles. The second-order valence-corrected chi connectivity index (χ2v) is 7.18. The van der Waals surface area contributed by atoms with Gasteiger partial charge in [0.1, 0.15) is 0 Å². The number of amides is 1. The van der Waals surface area contributed by atoms with Gasteiger partial charge in [0, 0.05) is 18.1 Å². The number of carbonyl (C=O) groups excluding carboxylic acids is 1. The number of fused-ring (bicyclic) bond motifs is 1. The molecule has 2 aromatic rings. The molecule has 3 nitrogen and oxygen atoms in total. The van der Waals surface area contributed by atoms with E-state index in [9.17, 15) is 9.90 Å². The highest BCUT2D eigenvalue weighted by molar-refractivity contribution is 7.99. The van der Waals surface area contributed by atoms with Gasteiger partial charge in [0.15, 0.2) is 0 Å². The second-order valence-electron chi connectivity index (χ2n) is 6.07. The maximum Gasteiger partial charge on any atom is 0.224 e. The Balaban J connectivity index is 1.76. The van der Waals surface area contributed by atoms with Crippen LogP contribution in [0.5, 0.6) is 0 Å². The van der Waals surface area contributed by atoms with Crippen LogP contribution in [0.4, 0.5) is 0 Å². The largest absolute Gasteiger partial charge is 0.390 e. The van der Waals surface area contributed by atoms with E-state index in [4.69, 9.17) is 0 Å². The number of rotatable bonds is 7. The van der Waals surface area contributed by atoms with Crippen LogP contribution in [0.3, 0.4) is 0 Å². The van der Waals surface area contributed by atoms with Gasteiger partial charge >= 0.3 is 0 Å². The molecule has 4 heteroatoms. The summed E-state index contributed by atoms with van der Waals surface area (Å²) >= 11 is 1.65. The zero-order valence-corrected chi connectivity index (χ0v) is 14.0. The summed E-state index contributed by atoms with van der Waals surface area (Å²) in [4.78, 5) is 11.9. The van der Waals surface area contributed by atoms with Gasteiger partial charge in [0.05, 0.1) is 12.0 Å². The molecule has 0 unspecified atom stereocenters. The van der Waals surface area contributed by atoms with Crippen molar-refractivity contribution in [3.8, 4) is 0 Å². The maximum atomic E-state index is 11.9. The fourth-order valence-electron chi connectivity index (χ4n) is 2.18. The van der Waals surface area contributed by atoms with Crippen molar-refractivity contribution < 1.29 is 9.90 Å². The molecule has 0 aromatic heterocycles. The second kappa shape index (κ2) is 7.65. The van der Waals surface area contributed by atoms with Crippen molar-refractivity contribution in [2.24, 2.45) is 0 Å². The summed E-state index contributed by atoms with van der Waals surface area (Å²) in [7, 11) is 0. The predicted molar refractivity (Wildman–Crippen MR) is 94.3 cm³/mol. The molecule has 0 radical (unpaired) electrons. The molecule has 2 rings (SSSR count). The van der Waals surface area contributed by atoms with Crippen molar-refractivity contribution in [2.45, 2.75) is 25.9 Å². The van der Waals surface area contributed by atoms with Crippen LogP contribution in [-0.2, 0) is 11.2 Å². The van der Waals surface area contributed by atoms with Gasteiger partial charge in [-0.2, -0.15) is 11.8 Å². The summed E-state index contributed by atoms with van der Waals surface area (Å²) in [5.74, 6) is 1.53. The smallest absolute Gasteiger partial charge is 0.224 e. The number of carbonyl (C=O) groups is 1. The molecule has 2 N–H and O–H groups in total. The number of hydrogen-bond donors (Lipinski definition) is 2. The van der Waals surface area contributed by atoms with E-state index in [0.29, 0.717) is 18.7 Å². The molecule has 22 heavy (non-hydrogen) atoms. The third-order valence-electron chi connectivity index (χ3n) is 3.20. The van der Waals surface area contributed by atoms with E-state index in [1.165, 1.54) is 5.39 Å². The first-order chi connectivity index (χ1) is 10.4. The maximum absolute atomic E-state index is 11.9. The zero-order valence-electron chi connectivity index (χ0n) is 13.1. The van der Waals surface area contributed by atoms with Crippen molar-refractivity contribution in [3.63, 3.8) is 0 Å². The Morgan fingerprint density at radius 3 is 2.64 bits per heavy atom. The highest BCUT2D eigenvalue weighted by Crippen LogP contribution is 2.16. The minimum atomic E-state index is -0.653. The normalized spacial score (nSPS) is 11.6. The quantitative estimate of drug-likeness (QED) is 0.772. The minimum absolute atomic E-state index is 0.0409. The summed E-state index contributed by atoms with van der Waals surface area (Å²) in [6, 6.07) is 14.3. The molecule has 0 fully saturated rings. The zero-order chi connectivity index (χ0) is 16.0. The average Bonchev–Trinajstić information content (AvgIpc) is 2.45. The SMILES string of the molecule is CC(C)(O)CSCCNC(=O)Cc1ccc2ccccc2c1. The molecule has 0 bridgehead atoms. The van der Waals surface area contributed by atoms with Crippen LogP contribution in [0.2, 0.25) is 0 Å². The van der Waals surface area contributed by atoms with Crippen molar-refractivity contribution in [3.05, 3.63) is 48.0 Å². The first-order valence-corrected chi connectivity index (χ1v) is 8.64. The Kier molecular flexibility index (Phi) is 5.86. The molecule has 1 amide bonds. The first-order valence-electron chi connectivity index (χ1n) is 7.48. The minimum Gasteiger partial charge on any atom is -0.390 e. The van der Waals surface area contributed by atoms with Gasteiger partial charge in [0.25, 0.3) is 0 Å². The topological polar surface area (TPSA) is 49.3 Å². The van der Waals surface area contributed by atoms with Crippen LogP contribution >= 0.6 is 11.8 Å². The van der Waals surface area contributed by atoms with Gasteiger partial charge in [-0.3, -0.25) is 4.79 Å². The lowest BCUT2D eigenvalue weighted by Crippen LogP contribution is -2.28. The molecule has 0 saturated heterocycles. The van der Waals surface area contributed by atoms with Gasteiger partial charge in [-0.15, -0.1) is 0 Å². The summed E-state index contributed by atoms with van der Waals surface area (Å²) in [5, 5.41) is 14.9. The molecule has 0 aliphatic carbocycles. The number of aliphatic hydroxyl groups is 1. The third kappa shape index (κ3) is 5.70. The molecule has 0 aliphatic rings. The van der Waals surface area contributed by atoms with E-state index >= 15 is 0 Å². The lowest BCUT2D eigenvalue weighted by molar-refractivity contribution is -0.120. The van der Waals surface area contributed by atoms with Crippen LogP contribution in [0, 0.1) is 0 Å².